The molecule has 0 aromatic heterocycles. The molecule has 2 rings (SSSR count). The minimum absolute atomic E-state index is 0.0808. The number of nitrogens with one attached hydrogen (secondary N) is 1. The SMILES string of the molecule is CC(NC1CCCS(=O)(=O)C1)c1ccc(N(C)C)cc1. The lowest BCUT2D eigenvalue weighted by atomic mass is 10.1. The fourth-order valence-corrected chi connectivity index (χ4v) is 4.31. The van der Waals surface area contributed by atoms with Crippen molar-refractivity contribution >= 4 is 15.5 Å². The summed E-state index contributed by atoms with van der Waals surface area (Å²) in [6.07, 6.45) is 1.71. The largest absolute Gasteiger partial charge is 0.378 e. The maximum absolute atomic E-state index is 11.7. The molecule has 1 fully saturated rings. The van der Waals surface area contributed by atoms with Gasteiger partial charge in [0.25, 0.3) is 0 Å². The number of rotatable bonds is 4. The average Bonchev–Trinajstić information content (AvgIpc) is 2.37. The van der Waals surface area contributed by atoms with Gasteiger partial charge in [0, 0.05) is 31.9 Å². The summed E-state index contributed by atoms with van der Waals surface area (Å²) in [6.45, 7) is 2.09. The monoisotopic (exact) mass is 296 g/mol. The van der Waals surface area contributed by atoms with Crippen molar-refractivity contribution in [1.29, 1.82) is 0 Å². The smallest absolute Gasteiger partial charge is 0.151 e. The molecule has 1 aliphatic heterocycles. The van der Waals surface area contributed by atoms with Crippen LogP contribution < -0.4 is 10.2 Å². The van der Waals surface area contributed by atoms with Crippen LogP contribution in [-0.4, -0.2) is 40.1 Å². The molecule has 0 spiro atoms. The molecule has 2 unspecified atom stereocenters. The fraction of sp³-hybridized carbons (Fsp3) is 0.600. The summed E-state index contributed by atoms with van der Waals surface area (Å²) in [7, 11) is 1.19. The van der Waals surface area contributed by atoms with E-state index in [1.807, 2.05) is 14.1 Å². The van der Waals surface area contributed by atoms with Gasteiger partial charge in [0.1, 0.15) is 0 Å². The first kappa shape index (κ1) is 15.3. The number of nitrogens with zero attached hydrogens (tertiary/aromatic N) is 1. The lowest BCUT2D eigenvalue weighted by Gasteiger charge is -2.27. The van der Waals surface area contributed by atoms with E-state index in [1.165, 1.54) is 11.3 Å². The zero-order valence-electron chi connectivity index (χ0n) is 12.5. The molecule has 0 radical (unpaired) electrons. The molecular weight excluding hydrogens is 272 g/mol. The maximum atomic E-state index is 11.7. The number of benzene rings is 1. The lowest BCUT2D eigenvalue weighted by molar-refractivity contribution is 0.437. The highest BCUT2D eigenvalue weighted by molar-refractivity contribution is 7.91. The quantitative estimate of drug-likeness (QED) is 0.923. The van der Waals surface area contributed by atoms with Gasteiger partial charge in [0.15, 0.2) is 9.84 Å². The summed E-state index contributed by atoms with van der Waals surface area (Å²) >= 11 is 0. The van der Waals surface area contributed by atoms with Crippen LogP contribution in [0, 0.1) is 0 Å². The van der Waals surface area contributed by atoms with Gasteiger partial charge in [-0.05, 0) is 37.5 Å². The van der Waals surface area contributed by atoms with Crippen molar-refractivity contribution in [3.05, 3.63) is 29.8 Å². The molecule has 0 bridgehead atoms. The summed E-state index contributed by atoms with van der Waals surface area (Å²) < 4.78 is 23.3. The van der Waals surface area contributed by atoms with E-state index in [4.69, 9.17) is 0 Å². The van der Waals surface area contributed by atoms with Crippen LogP contribution in [0.15, 0.2) is 24.3 Å². The van der Waals surface area contributed by atoms with Gasteiger partial charge < -0.3 is 10.2 Å². The van der Waals surface area contributed by atoms with Crippen molar-refractivity contribution in [2.75, 3.05) is 30.5 Å². The first-order valence-corrected chi connectivity index (χ1v) is 8.93. The lowest BCUT2D eigenvalue weighted by Crippen LogP contribution is -2.41. The molecule has 1 aliphatic rings. The minimum Gasteiger partial charge on any atom is -0.378 e. The van der Waals surface area contributed by atoms with Crippen LogP contribution in [0.2, 0.25) is 0 Å². The van der Waals surface area contributed by atoms with E-state index in [-0.39, 0.29) is 17.8 Å². The molecular formula is C15H24N2O2S. The Bertz CT molecular complexity index is 537. The van der Waals surface area contributed by atoms with Gasteiger partial charge in [-0.2, -0.15) is 0 Å². The molecule has 0 amide bonds. The number of hydrogen-bond donors (Lipinski definition) is 1. The Morgan fingerprint density at radius 2 is 1.90 bits per heavy atom. The molecule has 1 saturated heterocycles. The molecule has 20 heavy (non-hydrogen) atoms. The fourth-order valence-electron chi connectivity index (χ4n) is 2.67. The Kier molecular flexibility index (Phi) is 4.70. The van der Waals surface area contributed by atoms with Gasteiger partial charge in [0.05, 0.1) is 11.5 Å². The minimum atomic E-state index is -2.85. The number of anilines is 1. The van der Waals surface area contributed by atoms with E-state index in [9.17, 15) is 8.42 Å². The second-order valence-electron chi connectivity index (χ2n) is 5.83. The Labute approximate surface area is 122 Å². The van der Waals surface area contributed by atoms with Crippen LogP contribution >= 0.6 is 0 Å². The highest BCUT2D eigenvalue weighted by Crippen LogP contribution is 2.20. The molecule has 1 aromatic carbocycles. The summed E-state index contributed by atoms with van der Waals surface area (Å²) in [4.78, 5) is 2.07. The van der Waals surface area contributed by atoms with Crippen LogP contribution in [0.1, 0.15) is 31.4 Å². The second-order valence-corrected chi connectivity index (χ2v) is 8.06. The van der Waals surface area contributed by atoms with E-state index in [0.29, 0.717) is 5.75 Å². The molecule has 1 heterocycles. The van der Waals surface area contributed by atoms with Gasteiger partial charge in [-0.25, -0.2) is 8.42 Å². The highest BCUT2D eigenvalue weighted by Gasteiger charge is 2.25. The molecule has 0 aliphatic carbocycles. The molecule has 5 heteroatoms. The Hall–Kier alpha value is -1.07. The molecule has 4 nitrogen and oxygen atoms in total. The van der Waals surface area contributed by atoms with Crippen LogP contribution in [0.4, 0.5) is 5.69 Å². The zero-order chi connectivity index (χ0) is 14.8. The molecule has 0 saturated carbocycles. The predicted octanol–water partition coefficient (Wildman–Crippen LogP) is 1.98. The molecule has 112 valence electrons. The van der Waals surface area contributed by atoms with Crippen molar-refractivity contribution in [3.63, 3.8) is 0 Å². The summed E-state index contributed by atoms with van der Waals surface area (Å²) in [5.41, 5.74) is 2.36. The van der Waals surface area contributed by atoms with Crippen molar-refractivity contribution in [2.45, 2.75) is 31.8 Å². The van der Waals surface area contributed by atoms with Crippen LogP contribution in [0.25, 0.3) is 0 Å². The zero-order valence-corrected chi connectivity index (χ0v) is 13.3. The number of hydrogen-bond acceptors (Lipinski definition) is 4. The standard InChI is InChI=1S/C15H24N2O2S/c1-12(13-6-8-15(9-7-13)17(2)3)16-14-5-4-10-20(18,19)11-14/h6-9,12,14,16H,4-5,10-11H2,1-3H3. The van der Waals surface area contributed by atoms with E-state index in [0.717, 1.165) is 12.8 Å². The van der Waals surface area contributed by atoms with Crippen LogP contribution in [0.5, 0.6) is 0 Å². The first-order valence-electron chi connectivity index (χ1n) is 7.11. The van der Waals surface area contributed by atoms with Gasteiger partial charge >= 0.3 is 0 Å². The third-order valence-electron chi connectivity index (χ3n) is 3.86. The topological polar surface area (TPSA) is 49.4 Å². The van der Waals surface area contributed by atoms with Gasteiger partial charge in [-0.15, -0.1) is 0 Å². The van der Waals surface area contributed by atoms with Crippen molar-refractivity contribution < 1.29 is 8.42 Å². The summed E-state index contributed by atoms with van der Waals surface area (Å²) in [6, 6.07) is 8.63. The molecule has 1 N–H and O–H groups in total. The average molecular weight is 296 g/mol. The van der Waals surface area contributed by atoms with Crippen LogP contribution in [-0.2, 0) is 9.84 Å². The van der Waals surface area contributed by atoms with Crippen LogP contribution in [0.3, 0.4) is 0 Å². The predicted molar refractivity (Wildman–Crippen MR) is 84.0 cm³/mol. The van der Waals surface area contributed by atoms with E-state index >= 15 is 0 Å². The Morgan fingerprint density at radius 3 is 2.45 bits per heavy atom. The van der Waals surface area contributed by atoms with Gasteiger partial charge in [-0.1, -0.05) is 12.1 Å². The first-order chi connectivity index (χ1) is 9.37. The third-order valence-corrected chi connectivity index (χ3v) is 5.68. The van der Waals surface area contributed by atoms with E-state index in [2.05, 4.69) is 41.4 Å². The van der Waals surface area contributed by atoms with E-state index < -0.39 is 9.84 Å². The summed E-state index contributed by atoms with van der Waals surface area (Å²) in [5, 5.41) is 3.45. The van der Waals surface area contributed by atoms with Crippen molar-refractivity contribution in [2.24, 2.45) is 0 Å². The highest BCUT2D eigenvalue weighted by atomic mass is 32.2. The Balaban J connectivity index is 1.99. The third kappa shape index (κ3) is 3.96. The maximum Gasteiger partial charge on any atom is 0.151 e. The molecule has 1 aromatic rings. The van der Waals surface area contributed by atoms with Gasteiger partial charge in [-0.3, -0.25) is 0 Å². The normalized spacial score (nSPS) is 23.2. The van der Waals surface area contributed by atoms with E-state index in [1.54, 1.807) is 0 Å². The molecule has 2 atom stereocenters. The van der Waals surface area contributed by atoms with Crippen molar-refractivity contribution in [3.8, 4) is 0 Å². The summed E-state index contributed by atoms with van der Waals surface area (Å²) in [5.74, 6) is 0.615. The number of sulfone groups is 1. The second kappa shape index (κ2) is 6.14. The van der Waals surface area contributed by atoms with Crippen molar-refractivity contribution in [1.82, 2.24) is 5.32 Å². The Morgan fingerprint density at radius 1 is 1.25 bits per heavy atom. The van der Waals surface area contributed by atoms with Gasteiger partial charge in [0.2, 0.25) is 0 Å².